The Bertz CT molecular complexity index is 1230. The van der Waals surface area contributed by atoms with E-state index >= 15 is 0 Å². The molecule has 0 N–H and O–H groups in total. The van der Waals surface area contributed by atoms with E-state index in [2.05, 4.69) is 11.0 Å². The number of pyridine rings is 1. The van der Waals surface area contributed by atoms with Crippen molar-refractivity contribution in [3.8, 4) is 11.5 Å². The number of methoxy groups -OCH3 is 2. The zero-order valence-corrected chi connectivity index (χ0v) is 20.9. The summed E-state index contributed by atoms with van der Waals surface area (Å²) in [6.07, 6.45) is 5.40. The van der Waals surface area contributed by atoms with Gasteiger partial charge in [-0.15, -0.1) is 11.3 Å². The Labute approximate surface area is 209 Å². The van der Waals surface area contributed by atoms with Gasteiger partial charge in [0.2, 0.25) is 0 Å². The molecule has 7 nitrogen and oxygen atoms in total. The van der Waals surface area contributed by atoms with E-state index in [9.17, 15) is 9.59 Å². The van der Waals surface area contributed by atoms with Crippen molar-refractivity contribution in [2.24, 2.45) is 0 Å². The summed E-state index contributed by atoms with van der Waals surface area (Å²) in [5, 5.41) is 2.02. The lowest BCUT2D eigenvalue weighted by Gasteiger charge is -2.17. The van der Waals surface area contributed by atoms with Crippen LogP contribution in [0.15, 0.2) is 58.7 Å². The number of aromatic nitrogens is 1. The summed E-state index contributed by atoms with van der Waals surface area (Å²) in [6, 6.07) is 13.3. The second-order valence-corrected chi connectivity index (χ2v) is 9.22. The van der Waals surface area contributed by atoms with Crippen molar-refractivity contribution in [1.82, 2.24) is 9.47 Å². The standard InChI is InChI=1S/C27H30N2O5S/c1-32-23-10-4-3-7-20(23)8-5-13-28-14-11-22-26(27(31)33-2)24(19-25(30)29(22)16-15-28)34-17-12-21-9-6-18-35-21/h3-10,18-19H,11-17H2,1-2H3. The number of nitrogens with zero attached hydrogens (tertiary/aromatic N) is 2. The number of para-hydroxylation sites is 1. The number of carbonyl (C=O) groups is 1. The third-order valence-electron chi connectivity index (χ3n) is 6.06. The Balaban J connectivity index is 1.49. The second kappa shape index (κ2) is 11.9. The first-order valence-electron chi connectivity index (χ1n) is 11.6. The van der Waals surface area contributed by atoms with Crippen molar-refractivity contribution < 1.29 is 19.0 Å². The highest BCUT2D eigenvalue weighted by molar-refractivity contribution is 7.09. The fourth-order valence-electron chi connectivity index (χ4n) is 4.26. The van der Waals surface area contributed by atoms with Gasteiger partial charge >= 0.3 is 5.97 Å². The molecule has 0 spiro atoms. The van der Waals surface area contributed by atoms with Gasteiger partial charge < -0.3 is 18.8 Å². The van der Waals surface area contributed by atoms with E-state index in [0.29, 0.717) is 56.1 Å². The number of ether oxygens (including phenoxy) is 3. The Morgan fingerprint density at radius 1 is 1.09 bits per heavy atom. The van der Waals surface area contributed by atoms with Crippen LogP contribution in [0.5, 0.6) is 11.5 Å². The van der Waals surface area contributed by atoms with E-state index in [4.69, 9.17) is 14.2 Å². The van der Waals surface area contributed by atoms with E-state index in [1.165, 1.54) is 18.1 Å². The Morgan fingerprint density at radius 2 is 1.94 bits per heavy atom. The summed E-state index contributed by atoms with van der Waals surface area (Å²) in [5.74, 6) is 0.645. The number of thiophene rings is 1. The topological polar surface area (TPSA) is 70.0 Å². The molecule has 3 heterocycles. The summed E-state index contributed by atoms with van der Waals surface area (Å²) in [6.45, 7) is 3.00. The molecule has 8 heteroatoms. The number of rotatable bonds is 9. The highest BCUT2D eigenvalue weighted by atomic mass is 32.1. The van der Waals surface area contributed by atoms with Crippen LogP contribution in [-0.2, 0) is 24.1 Å². The van der Waals surface area contributed by atoms with Crippen LogP contribution in [0, 0.1) is 0 Å². The van der Waals surface area contributed by atoms with Crippen LogP contribution < -0.4 is 15.0 Å². The van der Waals surface area contributed by atoms with Crippen LogP contribution in [-0.4, -0.2) is 55.9 Å². The van der Waals surface area contributed by atoms with Gasteiger partial charge in [0.25, 0.3) is 5.56 Å². The molecule has 0 bridgehead atoms. The monoisotopic (exact) mass is 494 g/mol. The lowest BCUT2D eigenvalue weighted by molar-refractivity contribution is 0.0593. The Hall–Kier alpha value is -3.36. The molecular weight excluding hydrogens is 464 g/mol. The van der Waals surface area contributed by atoms with Crippen molar-refractivity contribution in [1.29, 1.82) is 0 Å². The summed E-state index contributed by atoms with van der Waals surface area (Å²) in [7, 11) is 3.01. The minimum Gasteiger partial charge on any atom is -0.496 e. The van der Waals surface area contributed by atoms with E-state index < -0.39 is 5.97 Å². The molecule has 1 aliphatic heterocycles. The quantitative estimate of drug-likeness (QED) is 0.420. The molecule has 3 aromatic rings. The summed E-state index contributed by atoms with van der Waals surface area (Å²) in [4.78, 5) is 29.1. The first-order valence-corrected chi connectivity index (χ1v) is 12.5. The van der Waals surface area contributed by atoms with Gasteiger partial charge in [0.1, 0.15) is 17.1 Å². The fraction of sp³-hybridized carbons (Fsp3) is 0.333. The average molecular weight is 495 g/mol. The van der Waals surface area contributed by atoms with Crippen molar-refractivity contribution in [2.75, 3.05) is 40.5 Å². The Kier molecular flexibility index (Phi) is 8.39. The zero-order valence-electron chi connectivity index (χ0n) is 20.1. The average Bonchev–Trinajstić information content (AvgIpc) is 3.30. The van der Waals surface area contributed by atoms with Gasteiger partial charge in [0, 0.05) is 61.2 Å². The lowest BCUT2D eigenvalue weighted by atomic mass is 10.1. The van der Waals surface area contributed by atoms with Gasteiger partial charge in [0.15, 0.2) is 0 Å². The van der Waals surface area contributed by atoms with Gasteiger partial charge in [-0.25, -0.2) is 4.79 Å². The van der Waals surface area contributed by atoms with E-state index in [0.717, 1.165) is 17.9 Å². The molecule has 0 amide bonds. The molecule has 1 aromatic carbocycles. The second-order valence-electron chi connectivity index (χ2n) is 8.18. The molecule has 0 fully saturated rings. The number of hydrogen-bond donors (Lipinski definition) is 0. The molecule has 35 heavy (non-hydrogen) atoms. The van der Waals surface area contributed by atoms with Crippen molar-refractivity contribution >= 4 is 23.4 Å². The first-order chi connectivity index (χ1) is 17.1. The van der Waals surface area contributed by atoms with E-state index in [-0.39, 0.29) is 5.56 Å². The smallest absolute Gasteiger partial charge is 0.343 e. The molecule has 0 saturated carbocycles. The number of hydrogen-bond acceptors (Lipinski definition) is 7. The van der Waals surface area contributed by atoms with Gasteiger partial charge in [-0.3, -0.25) is 9.69 Å². The third-order valence-corrected chi connectivity index (χ3v) is 7.00. The van der Waals surface area contributed by atoms with Gasteiger partial charge in [-0.05, 0) is 17.5 Å². The Morgan fingerprint density at radius 3 is 2.71 bits per heavy atom. The lowest BCUT2D eigenvalue weighted by Crippen LogP contribution is -2.29. The largest absolute Gasteiger partial charge is 0.496 e. The molecule has 0 radical (unpaired) electrons. The van der Waals surface area contributed by atoms with Gasteiger partial charge in [-0.1, -0.05) is 36.4 Å². The van der Waals surface area contributed by atoms with Crippen molar-refractivity contribution in [3.63, 3.8) is 0 Å². The van der Waals surface area contributed by atoms with E-state index in [1.807, 2.05) is 47.9 Å². The maximum Gasteiger partial charge on any atom is 0.343 e. The number of esters is 1. The molecule has 184 valence electrons. The summed E-state index contributed by atoms with van der Waals surface area (Å²) >= 11 is 1.65. The maximum absolute atomic E-state index is 13.0. The maximum atomic E-state index is 13.0. The van der Waals surface area contributed by atoms with E-state index in [1.54, 1.807) is 23.0 Å². The molecule has 0 aliphatic carbocycles. The van der Waals surface area contributed by atoms with Crippen LogP contribution in [0.1, 0.15) is 26.5 Å². The summed E-state index contributed by atoms with van der Waals surface area (Å²) in [5.41, 5.74) is 1.88. The number of carbonyl (C=O) groups excluding carboxylic acids is 1. The molecular formula is C27H30N2O5S. The summed E-state index contributed by atoms with van der Waals surface area (Å²) < 4.78 is 18.1. The number of fused-ring (bicyclic) bond motifs is 1. The molecule has 2 aromatic heterocycles. The van der Waals surface area contributed by atoms with Crippen molar-refractivity contribution in [2.45, 2.75) is 19.4 Å². The third kappa shape index (κ3) is 6.01. The van der Waals surface area contributed by atoms with Crippen LogP contribution in [0.2, 0.25) is 0 Å². The highest BCUT2D eigenvalue weighted by Crippen LogP contribution is 2.25. The van der Waals surface area contributed by atoms with Crippen molar-refractivity contribution in [3.05, 3.63) is 86.0 Å². The predicted octanol–water partition coefficient (Wildman–Crippen LogP) is 3.90. The van der Waals surface area contributed by atoms with Crippen LogP contribution in [0.4, 0.5) is 0 Å². The van der Waals surface area contributed by atoms with Crippen LogP contribution in [0.3, 0.4) is 0 Å². The highest BCUT2D eigenvalue weighted by Gasteiger charge is 2.26. The SMILES string of the molecule is COC(=O)c1c(OCCc2cccs2)cc(=O)n2c1CCN(CC=Cc1ccccc1OC)CC2. The van der Waals surface area contributed by atoms with Crippen LogP contribution >= 0.6 is 11.3 Å². The predicted molar refractivity (Wildman–Crippen MR) is 138 cm³/mol. The molecule has 1 aliphatic rings. The first kappa shape index (κ1) is 24.8. The molecule has 0 atom stereocenters. The molecule has 0 saturated heterocycles. The molecule has 4 rings (SSSR count). The normalized spacial score (nSPS) is 13.9. The van der Waals surface area contributed by atoms with Crippen LogP contribution in [0.25, 0.3) is 6.08 Å². The fourth-order valence-corrected chi connectivity index (χ4v) is 4.95. The zero-order chi connectivity index (χ0) is 24.6. The minimum absolute atomic E-state index is 0.162. The van der Waals surface area contributed by atoms with Gasteiger partial charge in [0.05, 0.1) is 20.8 Å². The van der Waals surface area contributed by atoms with Gasteiger partial charge in [-0.2, -0.15) is 0 Å². The molecule has 0 unspecified atom stereocenters. The minimum atomic E-state index is -0.482. The number of benzene rings is 1.